The number of carbonyl (C=O) groups excluding carboxylic acids is 1. The molecule has 2 N–H and O–H groups in total. The lowest BCUT2D eigenvalue weighted by Gasteiger charge is -2.27. The van der Waals surface area contributed by atoms with Gasteiger partial charge in [0.15, 0.2) is 0 Å². The number of benzene rings is 1. The fourth-order valence-corrected chi connectivity index (χ4v) is 1.80. The van der Waals surface area contributed by atoms with Gasteiger partial charge in [0.1, 0.15) is 5.82 Å². The first kappa shape index (κ1) is 9.96. The van der Waals surface area contributed by atoms with Gasteiger partial charge in [-0.3, -0.25) is 4.79 Å². The second-order valence-corrected chi connectivity index (χ2v) is 3.71. The van der Waals surface area contributed by atoms with Crippen molar-refractivity contribution in [3.8, 4) is 0 Å². The smallest absolute Gasteiger partial charge is 0.227 e. The summed E-state index contributed by atoms with van der Waals surface area (Å²) >= 11 is 0. The molecule has 1 heterocycles. The van der Waals surface area contributed by atoms with E-state index >= 15 is 0 Å². The maximum absolute atomic E-state index is 13.5. The van der Waals surface area contributed by atoms with Crippen molar-refractivity contribution in [1.29, 1.82) is 0 Å². The van der Waals surface area contributed by atoms with E-state index in [4.69, 9.17) is 5.73 Å². The molecule has 1 amide bonds. The molecule has 0 bridgehead atoms. The Morgan fingerprint density at radius 1 is 1.33 bits per heavy atom. The van der Waals surface area contributed by atoms with Gasteiger partial charge in [0.25, 0.3) is 0 Å². The first-order valence-corrected chi connectivity index (χ1v) is 5.04. The van der Waals surface area contributed by atoms with Gasteiger partial charge in [-0.15, -0.1) is 0 Å². The van der Waals surface area contributed by atoms with E-state index in [1.807, 2.05) is 0 Å². The first-order valence-electron chi connectivity index (χ1n) is 5.04. The summed E-state index contributed by atoms with van der Waals surface area (Å²) in [5.41, 5.74) is 6.36. The number of nitrogen functional groups attached to an aromatic ring is 1. The maximum Gasteiger partial charge on any atom is 0.227 e. The highest BCUT2D eigenvalue weighted by atomic mass is 19.1. The van der Waals surface area contributed by atoms with E-state index in [-0.39, 0.29) is 11.7 Å². The van der Waals surface area contributed by atoms with Gasteiger partial charge < -0.3 is 10.6 Å². The summed E-state index contributed by atoms with van der Waals surface area (Å²) in [5.74, 6) is -0.412. The third-order valence-electron chi connectivity index (χ3n) is 2.58. The SMILES string of the molecule is Nc1ccc(F)c(N2CCCCC2=O)c1. The summed E-state index contributed by atoms with van der Waals surface area (Å²) in [7, 11) is 0. The molecule has 3 nitrogen and oxygen atoms in total. The van der Waals surface area contributed by atoms with E-state index in [1.165, 1.54) is 23.1 Å². The molecule has 1 aromatic rings. The summed E-state index contributed by atoms with van der Waals surface area (Å²) in [6, 6.07) is 4.30. The fraction of sp³-hybridized carbons (Fsp3) is 0.364. The van der Waals surface area contributed by atoms with Crippen molar-refractivity contribution in [3.05, 3.63) is 24.0 Å². The highest BCUT2D eigenvalue weighted by Crippen LogP contribution is 2.25. The van der Waals surface area contributed by atoms with Crippen LogP contribution in [0.5, 0.6) is 0 Å². The molecule has 0 radical (unpaired) electrons. The summed E-state index contributed by atoms with van der Waals surface area (Å²) in [6.45, 7) is 0.583. The van der Waals surface area contributed by atoms with Gasteiger partial charge in [0.05, 0.1) is 5.69 Å². The average Bonchev–Trinajstić information content (AvgIpc) is 2.23. The number of nitrogens with two attached hydrogens (primary N) is 1. The van der Waals surface area contributed by atoms with Gasteiger partial charge in [-0.25, -0.2) is 4.39 Å². The Balaban J connectivity index is 2.34. The monoisotopic (exact) mass is 208 g/mol. The van der Waals surface area contributed by atoms with Crippen LogP contribution in [0.2, 0.25) is 0 Å². The van der Waals surface area contributed by atoms with Crippen LogP contribution < -0.4 is 10.6 Å². The Morgan fingerprint density at radius 2 is 2.13 bits per heavy atom. The molecule has 4 heteroatoms. The molecule has 1 fully saturated rings. The molecule has 80 valence electrons. The Hall–Kier alpha value is -1.58. The predicted molar refractivity (Wildman–Crippen MR) is 57.0 cm³/mol. The molecule has 0 unspecified atom stereocenters. The number of rotatable bonds is 1. The van der Waals surface area contributed by atoms with Gasteiger partial charge in [0, 0.05) is 18.7 Å². The van der Waals surface area contributed by atoms with E-state index < -0.39 is 0 Å². The van der Waals surface area contributed by atoms with Crippen LogP contribution in [0.15, 0.2) is 18.2 Å². The number of carbonyl (C=O) groups is 1. The molecule has 0 atom stereocenters. The summed E-state index contributed by atoms with van der Waals surface area (Å²) in [6.07, 6.45) is 2.30. The first-order chi connectivity index (χ1) is 7.18. The number of hydrogen-bond donors (Lipinski definition) is 1. The maximum atomic E-state index is 13.5. The number of piperidine rings is 1. The second kappa shape index (κ2) is 3.88. The van der Waals surface area contributed by atoms with Crippen molar-refractivity contribution in [1.82, 2.24) is 0 Å². The number of anilines is 2. The van der Waals surface area contributed by atoms with Gasteiger partial charge in [-0.05, 0) is 31.0 Å². The fourth-order valence-electron chi connectivity index (χ4n) is 1.80. The third-order valence-corrected chi connectivity index (χ3v) is 2.58. The molecule has 0 aromatic heterocycles. The molecule has 0 spiro atoms. The van der Waals surface area contributed by atoms with Crippen LogP contribution in [0.25, 0.3) is 0 Å². The third kappa shape index (κ3) is 1.93. The summed E-state index contributed by atoms with van der Waals surface area (Å²) < 4.78 is 13.5. The topological polar surface area (TPSA) is 46.3 Å². The van der Waals surface area contributed by atoms with Crippen LogP contribution in [0.1, 0.15) is 19.3 Å². The normalized spacial score (nSPS) is 16.9. The molecule has 15 heavy (non-hydrogen) atoms. The van der Waals surface area contributed by atoms with E-state index in [0.717, 1.165) is 12.8 Å². The lowest BCUT2D eigenvalue weighted by Crippen LogP contribution is -2.35. The van der Waals surface area contributed by atoms with Crippen LogP contribution in [-0.4, -0.2) is 12.5 Å². The largest absolute Gasteiger partial charge is 0.399 e. The summed E-state index contributed by atoms with van der Waals surface area (Å²) in [5, 5.41) is 0. The Labute approximate surface area is 87.7 Å². The molecule has 0 saturated carbocycles. The van der Waals surface area contributed by atoms with Crippen molar-refractivity contribution in [2.75, 3.05) is 17.2 Å². The summed E-state index contributed by atoms with van der Waals surface area (Å²) in [4.78, 5) is 13.1. The van der Waals surface area contributed by atoms with E-state index in [1.54, 1.807) is 0 Å². The van der Waals surface area contributed by atoms with Crippen molar-refractivity contribution in [3.63, 3.8) is 0 Å². The molecular weight excluding hydrogens is 195 g/mol. The number of nitrogens with zero attached hydrogens (tertiary/aromatic N) is 1. The predicted octanol–water partition coefficient (Wildman–Crippen LogP) is 1.92. The van der Waals surface area contributed by atoms with Crippen LogP contribution in [0.3, 0.4) is 0 Å². The van der Waals surface area contributed by atoms with Crippen LogP contribution >= 0.6 is 0 Å². The second-order valence-electron chi connectivity index (χ2n) is 3.71. The molecule has 1 saturated heterocycles. The Bertz CT molecular complexity index is 392. The molecular formula is C11H13FN2O. The quantitative estimate of drug-likeness (QED) is 0.717. The van der Waals surface area contributed by atoms with Crippen molar-refractivity contribution in [2.24, 2.45) is 0 Å². The van der Waals surface area contributed by atoms with Crippen molar-refractivity contribution in [2.45, 2.75) is 19.3 Å². The zero-order chi connectivity index (χ0) is 10.8. The van der Waals surface area contributed by atoms with Gasteiger partial charge in [0.2, 0.25) is 5.91 Å². The Morgan fingerprint density at radius 3 is 2.87 bits per heavy atom. The minimum atomic E-state index is -0.389. The average molecular weight is 208 g/mol. The van der Waals surface area contributed by atoms with Gasteiger partial charge >= 0.3 is 0 Å². The Kier molecular flexibility index (Phi) is 2.58. The van der Waals surface area contributed by atoms with Crippen LogP contribution in [-0.2, 0) is 4.79 Å². The minimum absolute atomic E-state index is 0.0225. The van der Waals surface area contributed by atoms with Gasteiger partial charge in [-0.1, -0.05) is 0 Å². The highest BCUT2D eigenvalue weighted by molar-refractivity contribution is 5.94. The van der Waals surface area contributed by atoms with Crippen molar-refractivity contribution < 1.29 is 9.18 Å². The lowest BCUT2D eigenvalue weighted by atomic mass is 10.1. The minimum Gasteiger partial charge on any atom is -0.399 e. The standard InChI is InChI=1S/C11H13FN2O/c12-9-5-4-8(13)7-10(9)14-6-2-1-3-11(14)15/h4-5,7H,1-3,6,13H2. The number of hydrogen-bond acceptors (Lipinski definition) is 2. The molecule has 0 aliphatic carbocycles. The number of amides is 1. The van der Waals surface area contributed by atoms with Crippen LogP contribution in [0, 0.1) is 5.82 Å². The highest BCUT2D eigenvalue weighted by Gasteiger charge is 2.22. The van der Waals surface area contributed by atoms with E-state index in [2.05, 4.69) is 0 Å². The molecule has 1 aliphatic rings. The molecule has 1 aromatic carbocycles. The lowest BCUT2D eigenvalue weighted by molar-refractivity contribution is -0.119. The molecule has 2 rings (SSSR count). The zero-order valence-corrected chi connectivity index (χ0v) is 8.37. The van der Waals surface area contributed by atoms with E-state index in [0.29, 0.717) is 24.3 Å². The van der Waals surface area contributed by atoms with E-state index in [9.17, 15) is 9.18 Å². The molecule has 1 aliphatic heterocycles. The van der Waals surface area contributed by atoms with Gasteiger partial charge in [-0.2, -0.15) is 0 Å². The zero-order valence-electron chi connectivity index (χ0n) is 8.37. The number of halogens is 1. The van der Waals surface area contributed by atoms with Crippen LogP contribution in [0.4, 0.5) is 15.8 Å². The van der Waals surface area contributed by atoms with Crippen molar-refractivity contribution >= 4 is 17.3 Å².